The molecular weight excluding hydrogens is 198 g/mol. The third-order valence-corrected chi connectivity index (χ3v) is 3.29. The van der Waals surface area contributed by atoms with Crippen molar-refractivity contribution >= 4 is 0 Å². The van der Waals surface area contributed by atoms with Crippen molar-refractivity contribution in [3.8, 4) is 11.3 Å². The summed E-state index contributed by atoms with van der Waals surface area (Å²) in [5.41, 5.74) is 11.8. The van der Waals surface area contributed by atoms with Gasteiger partial charge in [-0.25, -0.2) is 4.98 Å². The maximum atomic E-state index is 5.67. The molecule has 0 amide bonds. The fourth-order valence-corrected chi connectivity index (χ4v) is 2.44. The van der Waals surface area contributed by atoms with E-state index in [9.17, 15) is 0 Å². The standard InChI is InChI=1S/C13H15N3/c14-7-12-13(16-8-15-12)11-5-4-9-2-1-3-10(9)6-11/h4-6,8H,1-3,7,14H2,(H,15,16). The van der Waals surface area contributed by atoms with Crippen LogP contribution in [0, 0.1) is 0 Å². The lowest BCUT2D eigenvalue weighted by molar-refractivity contribution is 0.912. The molecule has 0 spiro atoms. The Morgan fingerprint density at radius 2 is 2.12 bits per heavy atom. The van der Waals surface area contributed by atoms with E-state index in [2.05, 4.69) is 28.2 Å². The Morgan fingerprint density at radius 1 is 1.25 bits per heavy atom. The third-order valence-electron chi connectivity index (χ3n) is 3.29. The summed E-state index contributed by atoms with van der Waals surface area (Å²) >= 11 is 0. The van der Waals surface area contributed by atoms with Crippen molar-refractivity contribution in [3.63, 3.8) is 0 Å². The molecule has 0 saturated heterocycles. The molecule has 16 heavy (non-hydrogen) atoms. The smallest absolute Gasteiger partial charge is 0.0929 e. The normalized spacial score (nSPS) is 14.1. The molecule has 0 radical (unpaired) electrons. The molecule has 0 saturated carbocycles. The van der Waals surface area contributed by atoms with E-state index >= 15 is 0 Å². The highest BCUT2D eigenvalue weighted by atomic mass is 14.9. The van der Waals surface area contributed by atoms with Crippen LogP contribution in [0.3, 0.4) is 0 Å². The summed E-state index contributed by atoms with van der Waals surface area (Å²) in [4.78, 5) is 7.43. The topological polar surface area (TPSA) is 54.7 Å². The molecule has 0 fully saturated rings. The van der Waals surface area contributed by atoms with Crippen molar-refractivity contribution in [2.24, 2.45) is 5.73 Å². The van der Waals surface area contributed by atoms with Crippen molar-refractivity contribution in [2.45, 2.75) is 25.8 Å². The first-order chi connectivity index (χ1) is 7.88. The van der Waals surface area contributed by atoms with Crippen molar-refractivity contribution in [1.82, 2.24) is 9.97 Å². The third kappa shape index (κ3) is 1.44. The Bertz CT molecular complexity index is 514. The Morgan fingerprint density at radius 3 is 3.00 bits per heavy atom. The number of rotatable bonds is 2. The summed E-state index contributed by atoms with van der Waals surface area (Å²) in [6, 6.07) is 6.64. The van der Waals surface area contributed by atoms with Gasteiger partial charge in [0, 0.05) is 12.1 Å². The molecule has 2 aromatic rings. The number of imidazole rings is 1. The van der Waals surface area contributed by atoms with E-state index in [1.165, 1.54) is 36.0 Å². The van der Waals surface area contributed by atoms with Gasteiger partial charge >= 0.3 is 0 Å². The van der Waals surface area contributed by atoms with Gasteiger partial charge in [-0.3, -0.25) is 0 Å². The molecular formula is C13H15N3. The first-order valence-electron chi connectivity index (χ1n) is 5.73. The predicted octanol–water partition coefficient (Wildman–Crippen LogP) is 2.02. The van der Waals surface area contributed by atoms with Crippen LogP contribution in [0.4, 0.5) is 0 Å². The highest BCUT2D eigenvalue weighted by molar-refractivity contribution is 5.63. The van der Waals surface area contributed by atoms with Gasteiger partial charge in [0.1, 0.15) is 0 Å². The molecule has 0 atom stereocenters. The molecule has 3 N–H and O–H groups in total. The predicted molar refractivity (Wildman–Crippen MR) is 63.9 cm³/mol. The maximum absolute atomic E-state index is 5.67. The lowest BCUT2D eigenvalue weighted by Gasteiger charge is -2.04. The van der Waals surface area contributed by atoms with E-state index in [0.717, 1.165) is 11.4 Å². The average molecular weight is 213 g/mol. The van der Waals surface area contributed by atoms with Crippen molar-refractivity contribution in [2.75, 3.05) is 0 Å². The monoisotopic (exact) mass is 213 g/mol. The minimum atomic E-state index is 0.506. The van der Waals surface area contributed by atoms with Crippen molar-refractivity contribution < 1.29 is 0 Å². The molecule has 0 aliphatic heterocycles. The lowest BCUT2D eigenvalue weighted by atomic mass is 10.0. The van der Waals surface area contributed by atoms with Crippen LogP contribution in [-0.2, 0) is 19.4 Å². The van der Waals surface area contributed by atoms with Gasteiger partial charge in [0.05, 0.1) is 17.7 Å². The Hall–Kier alpha value is -1.61. The number of nitrogens with zero attached hydrogens (tertiary/aromatic N) is 1. The van der Waals surface area contributed by atoms with Crippen molar-refractivity contribution in [1.29, 1.82) is 0 Å². The quantitative estimate of drug-likeness (QED) is 0.802. The largest absolute Gasteiger partial charge is 0.347 e. The zero-order chi connectivity index (χ0) is 11.0. The van der Waals surface area contributed by atoms with Gasteiger partial charge < -0.3 is 10.7 Å². The number of aromatic nitrogens is 2. The Balaban J connectivity index is 2.07. The SMILES string of the molecule is NCc1[nH]cnc1-c1ccc2c(c1)CCC2. The summed E-state index contributed by atoms with van der Waals surface area (Å²) in [5, 5.41) is 0. The number of fused-ring (bicyclic) bond motifs is 1. The van der Waals surface area contributed by atoms with Crippen LogP contribution in [0.5, 0.6) is 0 Å². The summed E-state index contributed by atoms with van der Waals surface area (Å²) in [6.45, 7) is 0.506. The number of hydrogen-bond acceptors (Lipinski definition) is 2. The Kier molecular flexibility index (Phi) is 2.26. The molecule has 1 aliphatic rings. The van der Waals surface area contributed by atoms with Crippen LogP contribution in [0.25, 0.3) is 11.3 Å². The minimum absolute atomic E-state index is 0.506. The van der Waals surface area contributed by atoms with Crippen LogP contribution in [0.1, 0.15) is 23.2 Å². The molecule has 3 nitrogen and oxygen atoms in total. The van der Waals surface area contributed by atoms with Gasteiger partial charge in [0.2, 0.25) is 0 Å². The highest BCUT2D eigenvalue weighted by Crippen LogP contribution is 2.28. The molecule has 1 heterocycles. The van der Waals surface area contributed by atoms with Gasteiger partial charge in [-0.15, -0.1) is 0 Å². The number of aryl methyl sites for hydroxylation is 2. The highest BCUT2D eigenvalue weighted by Gasteiger charge is 2.13. The summed E-state index contributed by atoms with van der Waals surface area (Å²) in [5.74, 6) is 0. The van der Waals surface area contributed by atoms with Crippen LogP contribution in [0.2, 0.25) is 0 Å². The molecule has 1 aromatic carbocycles. The van der Waals surface area contributed by atoms with E-state index in [1.807, 2.05) is 0 Å². The van der Waals surface area contributed by atoms with Gasteiger partial charge in [-0.2, -0.15) is 0 Å². The fourth-order valence-electron chi connectivity index (χ4n) is 2.44. The van der Waals surface area contributed by atoms with Crippen LogP contribution < -0.4 is 5.73 Å². The Labute approximate surface area is 94.7 Å². The first-order valence-corrected chi connectivity index (χ1v) is 5.73. The van der Waals surface area contributed by atoms with Gasteiger partial charge in [0.25, 0.3) is 0 Å². The number of nitrogens with two attached hydrogens (primary N) is 1. The fraction of sp³-hybridized carbons (Fsp3) is 0.308. The van der Waals surface area contributed by atoms with Gasteiger partial charge in [0.15, 0.2) is 0 Å². The van der Waals surface area contributed by atoms with E-state index in [-0.39, 0.29) is 0 Å². The van der Waals surface area contributed by atoms with Crippen LogP contribution in [0.15, 0.2) is 24.5 Å². The number of aromatic amines is 1. The maximum Gasteiger partial charge on any atom is 0.0929 e. The molecule has 0 bridgehead atoms. The molecule has 82 valence electrons. The van der Waals surface area contributed by atoms with E-state index in [1.54, 1.807) is 6.33 Å². The second-order valence-corrected chi connectivity index (χ2v) is 4.27. The van der Waals surface area contributed by atoms with Gasteiger partial charge in [-0.05, 0) is 36.5 Å². The second kappa shape index (κ2) is 3.76. The number of hydrogen-bond donors (Lipinski definition) is 2. The second-order valence-electron chi connectivity index (χ2n) is 4.27. The van der Waals surface area contributed by atoms with E-state index < -0.39 is 0 Å². The van der Waals surface area contributed by atoms with Crippen molar-refractivity contribution in [3.05, 3.63) is 41.3 Å². The first kappa shape index (κ1) is 9.60. The van der Waals surface area contributed by atoms with E-state index in [0.29, 0.717) is 6.54 Å². The van der Waals surface area contributed by atoms with E-state index in [4.69, 9.17) is 5.73 Å². The number of nitrogens with one attached hydrogen (secondary N) is 1. The summed E-state index contributed by atoms with van der Waals surface area (Å²) < 4.78 is 0. The minimum Gasteiger partial charge on any atom is -0.347 e. The number of benzene rings is 1. The zero-order valence-electron chi connectivity index (χ0n) is 9.16. The summed E-state index contributed by atoms with van der Waals surface area (Å²) in [6.07, 6.45) is 5.42. The van der Waals surface area contributed by atoms with Crippen LogP contribution in [-0.4, -0.2) is 9.97 Å². The van der Waals surface area contributed by atoms with Crippen LogP contribution >= 0.6 is 0 Å². The zero-order valence-corrected chi connectivity index (χ0v) is 9.16. The number of H-pyrrole nitrogens is 1. The molecule has 3 rings (SSSR count). The molecule has 1 aromatic heterocycles. The molecule has 1 aliphatic carbocycles. The molecule has 0 unspecified atom stereocenters. The summed E-state index contributed by atoms with van der Waals surface area (Å²) in [7, 11) is 0. The molecule has 3 heteroatoms. The lowest BCUT2D eigenvalue weighted by Crippen LogP contribution is -1.98. The van der Waals surface area contributed by atoms with Gasteiger partial charge in [-0.1, -0.05) is 12.1 Å². The average Bonchev–Trinajstić information content (AvgIpc) is 2.96.